The highest BCUT2D eigenvalue weighted by atomic mass is 32.2. The van der Waals surface area contributed by atoms with Crippen LogP contribution < -0.4 is 10.5 Å². The van der Waals surface area contributed by atoms with Gasteiger partial charge >= 0.3 is 5.97 Å². The Morgan fingerprint density at radius 2 is 1.76 bits per heavy atom. The zero-order valence-electron chi connectivity index (χ0n) is 16.2. The highest BCUT2D eigenvalue weighted by Gasteiger charge is 2.23. The summed E-state index contributed by atoms with van der Waals surface area (Å²) >= 11 is 1.48. The minimum absolute atomic E-state index is 0.0560. The number of sulfonamides is 1. The first-order valence-electron chi connectivity index (χ1n) is 8.96. The van der Waals surface area contributed by atoms with Gasteiger partial charge in [0.25, 0.3) is 0 Å². The Kier molecular flexibility index (Phi) is 7.83. The molecule has 0 spiro atoms. The molecule has 0 heterocycles. The van der Waals surface area contributed by atoms with E-state index in [-0.39, 0.29) is 23.1 Å². The average molecular weight is 437 g/mol. The van der Waals surface area contributed by atoms with Gasteiger partial charge in [0, 0.05) is 17.1 Å². The van der Waals surface area contributed by atoms with Crippen molar-refractivity contribution in [2.75, 3.05) is 5.75 Å². The molecule has 0 saturated heterocycles. The quantitative estimate of drug-likeness (QED) is 0.519. The van der Waals surface area contributed by atoms with E-state index in [2.05, 4.69) is 5.32 Å². The Balaban J connectivity index is 1.93. The van der Waals surface area contributed by atoms with Crippen molar-refractivity contribution < 1.29 is 23.1 Å². The number of carboxylic acids is 1. The summed E-state index contributed by atoms with van der Waals surface area (Å²) in [7, 11) is -3.76. The molecule has 0 aliphatic rings. The minimum Gasteiger partial charge on any atom is -0.480 e. The third-order valence-electron chi connectivity index (χ3n) is 4.20. The van der Waals surface area contributed by atoms with Crippen LogP contribution >= 0.6 is 11.8 Å². The Morgan fingerprint density at radius 1 is 1.10 bits per heavy atom. The average Bonchev–Trinajstić information content (AvgIpc) is 2.65. The first-order chi connectivity index (χ1) is 13.6. The smallest absolute Gasteiger partial charge is 0.326 e. The number of benzene rings is 2. The second kappa shape index (κ2) is 9.91. The van der Waals surface area contributed by atoms with E-state index in [1.165, 1.54) is 23.9 Å². The summed E-state index contributed by atoms with van der Waals surface area (Å²) in [5, 5.41) is 16.8. The zero-order chi connectivity index (χ0) is 21.6. The molecule has 1 atom stereocenters. The summed E-state index contributed by atoms with van der Waals surface area (Å²) in [5.74, 6) is -1.01. The molecule has 2 aromatic carbocycles. The maximum atomic E-state index is 12.0. The van der Waals surface area contributed by atoms with Crippen LogP contribution in [0.15, 0.2) is 58.3 Å². The van der Waals surface area contributed by atoms with Crippen LogP contribution in [0.1, 0.15) is 20.3 Å². The molecular weight excluding hydrogens is 412 g/mol. The van der Waals surface area contributed by atoms with Gasteiger partial charge in [-0.2, -0.15) is 0 Å². The Bertz CT molecular complexity index is 973. The van der Waals surface area contributed by atoms with Crippen molar-refractivity contribution in [3.05, 3.63) is 48.5 Å². The number of carbonyl (C=O) groups excluding carboxylic acids is 1. The van der Waals surface area contributed by atoms with Gasteiger partial charge in [-0.1, -0.05) is 38.1 Å². The fourth-order valence-corrected chi connectivity index (χ4v) is 4.03. The van der Waals surface area contributed by atoms with Gasteiger partial charge in [0.15, 0.2) is 0 Å². The summed E-state index contributed by atoms with van der Waals surface area (Å²) in [4.78, 5) is 24.1. The van der Waals surface area contributed by atoms with Crippen LogP contribution in [-0.2, 0) is 19.6 Å². The number of aliphatic carboxylic acids is 1. The maximum Gasteiger partial charge on any atom is 0.326 e. The Morgan fingerprint density at radius 3 is 2.31 bits per heavy atom. The van der Waals surface area contributed by atoms with Crippen molar-refractivity contribution in [3.8, 4) is 11.1 Å². The predicted molar refractivity (Wildman–Crippen MR) is 113 cm³/mol. The predicted octanol–water partition coefficient (Wildman–Crippen LogP) is 2.71. The normalized spacial score (nSPS) is 12.6. The molecule has 7 nitrogen and oxygen atoms in total. The van der Waals surface area contributed by atoms with Gasteiger partial charge in [-0.25, -0.2) is 18.4 Å². The van der Waals surface area contributed by atoms with E-state index in [1.807, 2.05) is 24.3 Å². The Labute approximate surface area is 174 Å². The molecular formula is C20H24N2O5S2. The number of amides is 1. The summed E-state index contributed by atoms with van der Waals surface area (Å²) in [6, 6.07) is 13.0. The van der Waals surface area contributed by atoms with Crippen molar-refractivity contribution >= 4 is 33.7 Å². The largest absolute Gasteiger partial charge is 0.480 e. The molecule has 0 saturated carbocycles. The number of nitrogens with two attached hydrogens (primary N) is 1. The molecule has 0 aliphatic carbocycles. The van der Waals surface area contributed by atoms with Gasteiger partial charge < -0.3 is 10.4 Å². The lowest BCUT2D eigenvalue weighted by molar-refractivity contribution is -0.143. The number of rotatable bonds is 9. The van der Waals surface area contributed by atoms with Crippen LogP contribution in [0.2, 0.25) is 0 Å². The highest BCUT2D eigenvalue weighted by molar-refractivity contribution is 7.99. The summed E-state index contributed by atoms with van der Waals surface area (Å²) in [5.41, 5.74) is 1.58. The van der Waals surface area contributed by atoms with Crippen molar-refractivity contribution in [2.24, 2.45) is 11.1 Å². The zero-order valence-corrected chi connectivity index (χ0v) is 17.8. The van der Waals surface area contributed by atoms with Gasteiger partial charge in [-0.05, 0) is 41.3 Å². The summed E-state index contributed by atoms with van der Waals surface area (Å²) in [6.45, 7) is 3.49. The number of nitrogens with one attached hydrogen (secondary N) is 1. The number of hydrogen-bond donors (Lipinski definition) is 3. The SMILES string of the molecule is CC(C)[C@H](NC(=O)CCSc1ccc(-c2cccc(S(N)(=O)=O)c2)cc1)C(=O)O. The molecule has 0 unspecified atom stereocenters. The molecule has 0 bridgehead atoms. The molecule has 0 radical (unpaired) electrons. The fraction of sp³-hybridized carbons (Fsp3) is 0.300. The van der Waals surface area contributed by atoms with Crippen molar-refractivity contribution in [1.82, 2.24) is 5.32 Å². The second-order valence-corrected chi connectivity index (χ2v) is 9.55. The van der Waals surface area contributed by atoms with Gasteiger partial charge in [-0.3, -0.25) is 4.79 Å². The third-order valence-corrected chi connectivity index (χ3v) is 6.12. The lowest BCUT2D eigenvalue weighted by Crippen LogP contribution is -2.44. The van der Waals surface area contributed by atoms with Crippen molar-refractivity contribution in [1.29, 1.82) is 0 Å². The van der Waals surface area contributed by atoms with Crippen molar-refractivity contribution in [3.63, 3.8) is 0 Å². The molecule has 0 aromatic heterocycles. The molecule has 9 heteroatoms. The second-order valence-electron chi connectivity index (χ2n) is 6.82. The standard InChI is InChI=1S/C20H24N2O5S2/c1-13(2)19(20(24)25)22-18(23)10-11-28-16-8-6-14(7-9-16)15-4-3-5-17(12-15)29(21,26)27/h3-9,12-13,19H,10-11H2,1-2H3,(H,22,23)(H,24,25)(H2,21,26,27)/t19-/m0/s1. The lowest BCUT2D eigenvalue weighted by Gasteiger charge is -2.17. The molecule has 1 amide bonds. The Hall–Kier alpha value is -2.36. The van der Waals surface area contributed by atoms with E-state index in [0.717, 1.165) is 16.0 Å². The summed E-state index contributed by atoms with van der Waals surface area (Å²) in [6.07, 6.45) is 0.208. The fourth-order valence-electron chi connectivity index (χ4n) is 2.62. The van der Waals surface area contributed by atoms with E-state index in [1.54, 1.807) is 26.0 Å². The topological polar surface area (TPSA) is 127 Å². The summed E-state index contributed by atoms with van der Waals surface area (Å²) < 4.78 is 23.0. The van der Waals surface area contributed by atoms with E-state index in [4.69, 9.17) is 10.2 Å². The number of primary sulfonamides is 1. The van der Waals surface area contributed by atoms with E-state index < -0.39 is 22.0 Å². The first-order valence-corrected chi connectivity index (χ1v) is 11.5. The minimum atomic E-state index is -3.76. The van der Waals surface area contributed by atoms with Crippen LogP contribution in [0.3, 0.4) is 0 Å². The van der Waals surface area contributed by atoms with E-state index in [0.29, 0.717) is 5.75 Å². The molecule has 0 aliphatic heterocycles. The number of carboxylic acid groups (broad SMARTS) is 1. The monoisotopic (exact) mass is 436 g/mol. The molecule has 2 aromatic rings. The lowest BCUT2D eigenvalue weighted by atomic mass is 10.0. The molecule has 0 fully saturated rings. The van der Waals surface area contributed by atoms with Gasteiger partial charge in [0.1, 0.15) is 6.04 Å². The van der Waals surface area contributed by atoms with E-state index >= 15 is 0 Å². The molecule has 29 heavy (non-hydrogen) atoms. The number of carbonyl (C=O) groups is 2. The molecule has 2 rings (SSSR count). The number of thioether (sulfide) groups is 1. The van der Waals surface area contributed by atoms with Gasteiger partial charge in [0.05, 0.1) is 4.90 Å². The van der Waals surface area contributed by atoms with Crippen LogP contribution in [0.4, 0.5) is 0 Å². The van der Waals surface area contributed by atoms with Crippen molar-refractivity contribution in [2.45, 2.75) is 36.1 Å². The molecule has 156 valence electrons. The third kappa shape index (κ3) is 6.88. The first kappa shape index (κ1) is 22.9. The van der Waals surface area contributed by atoms with Crippen LogP contribution in [-0.4, -0.2) is 37.2 Å². The highest BCUT2D eigenvalue weighted by Crippen LogP contribution is 2.26. The van der Waals surface area contributed by atoms with Gasteiger partial charge in [0.2, 0.25) is 15.9 Å². The van der Waals surface area contributed by atoms with E-state index in [9.17, 15) is 18.0 Å². The van der Waals surface area contributed by atoms with Crippen LogP contribution in [0, 0.1) is 5.92 Å². The maximum absolute atomic E-state index is 12.0. The number of hydrogen-bond acceptors (Lipinski definition) is 5. The van der Waals surface area contributed by atoms with Crippen LogP contribution in [0.5, 0.6) is 0 Å². The molecule has 4 N–H and O–H groups in total. The van der Waals surface area contributed by atoms with Crippen LogP contribution in [0.25, 0.3) is 11.1 Å². The van der Waals surface area contributed by atoms with Gasteiger partial charge in [-0.15, -0.1) is 11.8 Å².